The molecule has 0 aromatic carbocycles. The van der Waals surface area contributed by atoms with Crippen molar-refractivity contribution in [3.05, 3.63) is 0 Å². The molecule has 0 aromatic heterocycles. The minimum Gasteiger partial charge on any atom is -0.480 e. The number of nitrogens with two attached hydrogens (primary N) is 1. The lowest BCUT2D eigenvalue weighted by Gasteiger charge is -2.16. The quantitative estimate of drug-likeness (QED) is 0.467. The maximum Gasteiger partial charge on any atom is 0.326 e. The molecule has 2 amide bonds. The highest BCUT2D eigenvalue weighted by Gasteiger charge is 2.21. The van der Waals surface area contributed by atoms with E-state index in [2.05, 4.69) is 10.6 Å². The van der Waals surface area contributed by atoms with Crippen LogP contribution in [0, 0.1) is 0 Å². The molecular formula is C12H21N3O4. The van der Waals surface area contributed by atoms with Crippen LogP contribution in [0.2, 0.25) is 0 Å². The standard InChI is InChI=1S/C12H21N3O4/c13-10(16)6-5-9(12(18)19)15-11(17)7-14-8-3-1-2-4-8/h8-9,14H,1-7H2,(H2,13,16)(H,15,17)(H,18,19). The van der Waals surface area contributed by atoms with Crippen LogP contribution < -0.4 is 16.4 Å². The second-order valence-corrected chi connectivity index (χ2v) is 4.83. The van der Waals surface area contributed by atoms with Crippen molar-refractivity contribution >= 4 is 17.8 Å². The van der Waals surface area contributed by atoms with Gasteiger partial charge in [-0.25, -0.2) is 4.79 Å². The first-order valence-electron chi connectivity index (χ1n) is 6.53. The maximum absolute atomic E-state index is 11.6. The molecule has 108 valence electrons. The Morgan fingerprint density at radius 2 is 1.89 bits per heavy atom. The van der Waals surface area contributed by atoms with Crippen LogP contribution in [-0.2, 0) is 14.4 Å². The fraction of sp³-hybridized carbons (Fsp3) is 0.750. The summed E-state index contributed by atoms with van der Waals surface area (Å²) >= 11 is 0. The van der Waals surface area contributed by atoms with E-state index in [0.717, 1.165) is 25.7 Å². The van der Waals surface area contributed by atoms with Crippen LogP contribution in [0.5, 0.6) is 0 Å². The summed E-state index contributed by atoms with van der Waals surface area (Å²) in [5.41, 5.74) is 4.96. The molecule has 0 heterocycles. The number of carbonyl (C=O) groups excluding carboxylic acids is 2. The number of hydrogen-bond acceptors (Lipinski definition) is 4. The highest BCUT2D eigenvalue weighted by atomic mass is 16.4. The van der Waals surface area contributed by atoms with Crippen LogP contribution in [0.15, 0.2) is 0 Å². The van der Waals surface area contributed by atoms with Gasteiger partial charge < -0.3 is 21.5 Å². The van der Waals surface area contributed by atoms with Gasteiger partial charge in [0.1, 0.15) is 6.04 Å². The Bertz CT molecular complexity index is 340. The van der Waals surface area contributed by atoms with Gasteiger partial charge >= 0.3 is 5.97 Å². The van der Waals surface area contributed by atoms with Crippen molar-refractivity contribution in [2.24, 2.45) is 5.73 Å². The zero-order chi connectivity index (χ0) is 14.3. The van der Waals surface area contributed by atoms with Gasteiger partial charge in [0.25, 0.3) is 0 Å². The molecule has 0 aliphatic heterocycles. The maximum atomic E-state index is 11.6. The van der Waals surface area contributed by atoms with Crippen molar-refractivity contribution < 1.29 is 19.5 Å². The largest absolute Gasteiger partial charge is 0.480 e. The molecular weight excluding hydrogens is 250 g/mol. The molecule has 1 rings (SSSR count). The molecule has 1 aliphatic rings. The average molecular weight is 271 g/mol. The molecule has 1 saturated carbocycles. The van der Waals surface area contributed by atoms with E-state index in [4.69, 9.17) is 10.8 Å². The van der Waals surface area contributed by atoms with E-state index in [-0.39, 0.29) is 25.3 Å². The summed E-state index contributed by atoms with van der Waals surface area (Å²) in [6.45, 7) is 0.102. The fourth-order valence-electron chi connectivity index (χ4n) is 2.16. The van der Waals surface area contributed by atoms with Crippen LogP contribution in [0.3, 0.4) is 0 Å². The molecule has 7 heteroatoms. The SMILES string of the molecule is NC(=O)CCC(NC(=O)CNC1CCCC1)C(=O)O. The minimum absolute atomic E-state index is 0.0137. The molecule has 1 unspecified atom stereocenters. The van der Waals surface area contributed by atoms with Crippen molar-refractivity contribution in [2.45, 2.75) is 50.6 Å². The van der Waals surface area contributed by atoms with Crippen molar-refractivity contribution in [1.82, 2.24) is 10.6 Å². The lowest BCUT2D eigenvalue weighted by molar-refractivity contribution is -0.142. The number of amides is 2. The van der Waals surface area contributed by atoms with E-state index >= 15 is 0 Å². The van der Waals surface area contributed by atoms with Crippen LogP contribution in [0.25, 0.3) is 0 Å². The number of carboxylic acids is 1. The van der Waals surface area contributed by atoms with Crippen LogP contribution in [0.1, 0.15) is 38.5 Å². The second-order valence-electron chi connectivity index (χ2n) is 4.83. The summed E-state index contributed by atoms with van der Waals surface area (Å²) in [5, 5.41) is 14.4. The highest BCUT2D eigenvalue weighted by molar-refractivity contribution is 5.85. The smallest absolute Gasteiger partial charge is 0.326 e. The summed E-state index contributed by atoms with van der Waals surface area (Å²) in [5.74, 6) is -2.11. The third kappa shape index (κ3) is 6.19. The Balaban J connectivity index is 2.29. The molecule has 1 atom stereocenters. The molecule has 0 saturated heterocycles. The lowest BCUT2D eigenvalue weighted by Crippen LogP contribution is -2.46. The van der Waals surface area contributed by atoms with Crippen molar-refractivity contribution in [3.63, 3.8) is 0 Å². The van der Waals surface area contributed by atoms with Crippen molar-refractivity contribution in [2.75, 3.05) is 6.54 Å². The first-order valence-corrected chi connectivity index (χ1v) is 6.53. The van der Waals surface area contributed by atoms with E-state index in [9.17, 15) is 14.4 Å². The molecule has 7 nitrogen and oxygen atoms in total. The number of hydrogen-bond donors (Lipinski definition) is 4. The summed E-state index contributed by atoms with van der Waals surface area (Å²) in [7, 11) is 0. The number of nitrogens with one attached hydrogen (secondary N) is 2. The van der Waals surface area contributed by atoms with Gasteiger partial charge in [-0.15, -0.1) is 0 Å². The van der Waals surface area contributed by atoms with E-state index in [1.807, 2.05) is 0 Å². The third-order valence-corrected chi connectivity index (χ3v) is 3.22. The fourth-order valence-corrected chi connectivity index (χ4v) is 2.16. The van der Waals surface area contributed by atoms with E-state index < -0.39 is 17.9 Å². The predicted octanol–water partition coefficient (Wildman–Crippen LogP) is -0.646. The first-order chi connectivity index (χ1) is 8.99. The van der Waals surface area contributed by atoms with Crippen molar-refractivity contribution in [1.29, 1.82) is 0 Å². The third-order valence-electron chi connectivity index (χ3n) is 3.22. The zero-order valence-electron chi connectivity index (χ0n) is 10.9. The number of carbonyl (C=O) groups is 3. The zero-order valence-corrected chi connectivity index (χ0v) is 10.9. The molecule has 5 N–H and O–H groups in total. The molecule has 0 spiro atoms. The van der Waals surface area contributed by atoms with Gasteiger partial charge in [-0.05, 0) is 19.3 Å². The summed E-state index contributed by atoms with van der Waals surface area (Å²) < 4.78 is 0. The molecule has 0 aromatic rings. The summed E-state index contributed by atoms with van der Waals surface area (Å²) in [6.07, 6.45) is 4.38. The predicted molar refractivity (Wildman–Crippen MR) is 68.3 cm³/mol. The normalized spacial score (nSPS) is 17.1. The Morgan fingerprint density at radius 3 is 2.42 bits per heavy atom. The van der Waals surface area contributed by atoms with Gasteiger partial charge in [0.05, 0.1) is 6.54 Å². The monoisotopic (exact) mass is 271 g/mol. The van der Waals surface area contributed by atoms with Crippen LogP contribution in [-0.4, -0.2) is 41.5 Å². The van der Waals surface area contributed by atoms with Gasteiger partial charge in [-0.2, -0.15) is 0 Å². The first kappa shape index (κ1) is 15.4. The minimum atomic E-state index is -1.16. The van der Waals surface area contributed by atoms with E-state index in [0.29, 0.717) is 6.04 Å². The van der Waals surface area contributed by atoms with E-state index in [1.54, 1.807) is 0 Å². The molecule has 0 radical (unpaired) electrons. The average Bonchev–Trinajstić information content (AvgIpc) is 2.84. The molecule has 19 heavy (non-hydrogen) atoms. The number of carboxylic acid groups (broad SMARTS) is 1. The van der Waals surface area contributed by atoms with Gasteiger partial charge in [-0.1, -0.05) is 12.8 Å². The van der Waals surface area contributed by atoms with Gasteiger partial charge in [0.2, 0.25) is 11.8 Å². The second kappa shape index (κ2) is 7.73. The Morgan fingerprint density at radius 1 is 1.26 bits per heavy atom. The van der Waals surface area contributed by atoms with Gasteiger partial charge in [0.15, 0.2) is 0 Å². The van der Waals surface area contributed by atoms with Crippen LogP contribution in [0.4, 0.5) is 0 Å². The highest BCUT2D eigenvalue weighted by Crippen LogP contribution is 2.17. The Kier molecular flexibility index (Phi) is 6.27. The van der Waals surface area contributed by atoms with E-state index in [1.165, 1.54) is 0 Å². The van der Waals surface area contributed by atoms with Gasteiger partial charge in [-0.3, -0.25) is 9.59 Å². The summed E-state index contributed by atoms with van der Waals surface area (Å²) in [6, 6.07) is -0.718. The topological polar surface area (TPSA) is 122 Å². The van der Waals surface area contributed by atoms with Crippen molar-refractivity contribution in [3.8, 4) is 0 Å². The molecule has 1 aliphatic carbocycles. The summed E-state index contributed by atoms with van der Waals surface area (Å²) in [4.78, 5) is 33.1. The van der Waals surface area contributed by atoms with Gasteiger partial charge in [0, 0.05) is 12.5 Å². The molecule has 1 fully saturated rings. The molecule has 0 bridgehead atoms. The number of primary amides is 1. The Labute approximate surface area is 111 Å². The Hall–Kier alpha value is -1.63. The lowest BCUT2D eigenvalue weighted by atomic mass is 10.1. The van der Waals surface area contributed by atoms with Crippen LogP contribution >= 0.6 is 0 Å². The number of aliphatic carboxylic acids is 1. The number of rotatable bonds is 8.